The lowest BCUT2D eigenvalue weighted by molar-refractivity contribution is -0.116. The molecule has 1 amide bonds. The number of benzene rings is 2. The van der Waals surface area contributed by atoms with Gasteiger partial charge in [-0.15, -0.1) is 0 Å². The fourth-order valence-electron chi connectivity index (χ4n) is 2.70. The summed E-state index contributed by atoms with van der Waals surface area (Å²) in [5.74, 6) is 0.550. The zero-order valence-electron chi connectivity index (χ0n) is 15.8. The molecule has 0 aliphatic carbocycles. The molecule has 2 aromatic carbocycles. The molecule has 0 spiro atoms. The van der Waals surface area contributed by atoms with E-state index in [0.717, 1.165) is 11.8 Å². The summed E-state index contributed by atoms with van der Waals surface area (Å²) < 4.78 is 36.0. The lowest BCUT2D eigenvalue weighted by atomic mass is 10.1. The molecule has 0 saturated heterocycles. The highest BCUT2D eigenvalue weighted by atomic mass is 32.2. The largest absolute Gasteiger partial charge is 0.493 e. The highest BCUT2D eigenvalue weighted by molar-refractivity contribution is 7.88. The van der Waals surface area contributed by atoms with Gasteiger partial charge in [-0.05, 0) is 24.6 Å². The van der Waals surface area contributed by atoms with Crippen LogP contribution >= 0.6 is 0 Å². The first-order valence-electron chi connectivity index (χ1n) is 8.30. The van der Waals surface area contributed by atoms with Crippen LogP contribution in [0.2, 0.25) is 0 Å². The number of hydrogen-bond acceptors (Lipinski definition) is 5. The van der Waals surface area contributed by atoms with Gasteiger partial charge in [0.2, 0.25) is 15.9 Å². The first kappa shape index (κ1) is 20.7. The molecule has 27 heavy (non-hydrogen) atoms. The van der Waals surface area contributed by atoms with E-state index in [1.54, 1.807) is 25.1 Å². The molecule has 0 aliphatic heterocycles. The maximum Gasteiger partial charge on any atom is 0.239 e. The van der Waals surface area contributed by atoms with E-state index in [1.165, 1.54) is 18.5 Å². The van der Waals surface area contributed by atoms with Crippen molar-refractivity contribution in [3.05, 3.63) is 54.1 Å². The molecular formula is C19H24N2O5S. The molecule has 7 nitrogen and oxygen atoms in total. The lowest BCUT2D eigenvalue weighted by Crippen LogP contribution is -2.39. The number of nitrogens with zero attached hydrogens (tertiary/aromatic N) is 1. The van der Waals surface area contributed by atoms with Gasteiger partial charge in [-0.1, -0.05) is 30.3 Å². The zero-order valence-corrected chi connectivity index (χ0v) is 16.6. The fraction of sp³-hybridized carbons (Fsp3) is 0.316. The number of rotatable bonds is 8. The number of carbonyl (C=O) groups excluding carboxylic acids is 1. The summed E-state index contributed by atoms with van der Waals surface area (Å²) >= 11 is 0. The van der Waals surface area contributed by atoms with Gasteiger partial charge in [-0.3, -0.25) is 4.79 Å². The minimum Gasteiger partial charge on any atom is -0.493 e. The van der Waals surface area contributed by atoms with Crippen LogP contribution in [0, 0.1) is 0 Å². The van der Waals surface area contributed by atoms with Crippen LogP contribution in [0.3, 0.4) is 0 Å². The number of amides is 1. The van der Waals surface area contributed by atoms with Crippen LogP contribution in [-0.4, -0.2) is 45.7 Å². The van der Waals surface area contributed by atoms with E-state index in [9.17, 15) is 13.2 Å². The Labute approximate surface area is 160 Å². The molecule has 8 heteroatoms. The Kier molecular flexibility index (Phi) is 6.81. The molecule has 0 aromatic heterocycles. The third kappa shape index (κ3) is 5.45. The van der Waals surface area contributed by atoms with Crippen molar-refractivity contribution in [3.63, 3.8) is 0 Å². The van der Waals surface area contributed by atoms with Gasteiger partial charge in [-0.2, -0.15) is 4.31 Å². The Balaban J connectivity index is 2.17. The third-order valence-electron chi connectivity index (χ3n) is 4.11. The maximum atomic E-state index is 12.5. The second-order valence-electron chi connectivity index (χ2n) is 6.01. The molecule has 1 atom stereocenters. The SMILES string of the molecule is COc1ccc(NC(=O)CN(C(C)c2ccccc2)S(C)(=O)=O)cc1OC. The van der Waals surface area contributed by atoms with Crippen LogP contribution in [0.15, 0.2) is 48.5 Å². The summed E-state index contributed by atoms with van der Waals surface area (Å²) in [5.41, 5.74) is 1.29. The van der Waals surface area contributed by atoms with Gasteiger partial charge in [0.05, 0.1) is 27.0 Å². The molecule has 2 aromatic rings. The minimum atomic E-state index is -3.60. The van der Waals surface area contributed by atoms with Crippen molar-refractivity contribution >= 4 is 21.6 Å². The summed E-state index contributed by atoms with van der Waals surface area (Å²) in [6.45, 7) is 1.45. The van der Waals surface area contributed by atoms with Crippen LogP contribution in [0.25, 0.3) is 0 Å². The second kappa shape index (κ2) is 8.88. The molecule has 146 valence electrons. The van der Waals surface area contributed by atoms with E-state index >= 15 is 0 Å². The molecule has 1 unspecified atom stereocenters. The molecule has 0 fully saturated rings. The minimum absolute atomic E-state index is 0.302. The average Bonchev–Trinajstić information content (AvgIpc) is 2.65. The van der Waals surface area contributed by atoms with Crippen molar-refractivity contribution in [1.82, 2.24) is 4.31 Å². The van der Waals surface area contributed by atoms with Gasteiger partial charge in [0.15, 0.2) is 11.5 Å². The summed E-state index contributed by atoms with van der Waals surface area (Å²) in [5, 5.41) is 2.70. The highest BCUT2D eigenvalue weighted by Gasteiger charge is 2.27. The monoisotopic (exact) mass is 392 g/mol. The number of hydrogen-bond donors (Lipinski definition) is 1. The first-order valence-corrected chi connectivity index (χ1v) is 10.1. The normalized spacial score (nSPS) is 12.5. The standard InChI is InChI=1S/C19H24N2O5S/c1-14(15-8-6-5-7-9-15)21(27(4,23)24)13-19(22)20-16-10-11-17(25-2)18(12-16)26-3/h5-12,14H,13H2,1-4H3,(H,20,22). The Morgan fingerprint density at radius 2 is 1.70 bits per heavy atom. The number of sulfonamides is 1. The van der Waals surface area contributed by atoms with E-state index in [1.807, 2.05) is 30.3 Å². The molecule has 0 heterocycles. The van der Waals surface area contributed by atoms with Gasteiger partial charge >= 0.3 is 0 Å². The molecule has 0 saturated carbocycles. The highest BCUT2D eigenvalue weighted by Crippen LogP contribution is 2.30. The third-order valence-corrected chi connectivity index (χ3v) is 5.40. The summed E-state index contributed by atoms with van der Waals surface area (Å²) in [6, 6.07) is 13.6. The van der Waals surface area contributed by atoms with E-state index in [4.69, 9.17) is 9.47 Å². The first-order chi connectivity index (χ1) is 12.8. The van der Waals surface area contributed by atoms with Crippen molar-refractivity contribution in [3.8, 4) is 11.5 Å². The van der Waals surface area contributed by atoms with E-state index < -0.39 is 22.0 Å². The van der Waals surface area contributed by atoms with Crippen molar-refractivity contribution in [2.75, 3.05) is 32.3 Å². The Bertz CT molecular complexity index is 884. The predicted octanol–water partition coefficient (Wildman–Crippen LogP) is 2.67. The predicted molar refractivity (Wildman–Crippen MR) is 105 cm³/mol. The molecular weight excluding hydrogens is 368 g/mol. The van der Waals surface area contributed by atoms with Gasteiger partial charge in [0, 0.05) is 17.8 Å². The van der Waals surface area contributed by atoms with E-state index in [0.29, 0.717) is 17.2 Å². The number of methoxy groups -OCH3 is 2. The lowest BCUT2D eigenvalue weighted by Gasteiger charge is -2.26. The molecule has 0 bridgehead atoms. The van der Waals surface area contributed by atoms with Gasteiger partial charge in [-0.25, -0.2) is 8.42 Å². The van der Waals surface area contributed by atoms with Crippen LogP contribution < -0.4 is 14.8 Å². The molecule has 0 aliphatic rings. The maximum absolute atomic E-state index is 12.5. The Hall–Kier alpha value is -2.58. The Morgan fingerprint density at radius 1 is 1.07 bits per heavy atom. The van der Waals surface area contributed by atoms with Crippen LogP contribution in [0.1, 0.15) is 18.5 Å². The molecule has 0 radical (unpaired) electrons. The smallest absolute Gasteiger partial charge is 0.239 e. The van der Waals surface area contributed by atoms with Crippen LogP contribution in [-0.2, 0) is 14.8 Å². The topological polar surface area (TPSA) is 84.9 Å². The van der Waals surface area contributed by atoms with Crippen molar-refractivity contribution in [2.24, 2.45) is 0 Å². The summed E-state index contributed by atoms with van der Waals surface area (Å²) in [6.07, 6.45) is 1.09. The van der Waals surface area contributed by atoms with Crippen LogP contribution in [0.4, 0.5) is 5.69 Å². The van der Waals surface area contributed by atoms with Crippen molar-refractivity contribution < 1.29 is 22.7 Å². The van der Waals surface area contributed by atoms with Gasteiger partial charge < -0.3 is 14.8 Å². The van der Waals surface area contributed by atoms with Crippen LogP contribution in [0.5, 0.6) is 11.5 Å². The molecule has 2 rings (SSSR count). The van der Waals surface area contributed by atoms with Gasteiger partial charge in [0.1, 0.15) is 0 Å². The van der Waals surface area contributed by atoms with Crippen molar-refractivity contribution in [2.45, 2.75) is 13.0 Å². The van der Waals surface area contributed by atoms with Gasteiger partial charge in [0.25, 0.3) is 0 Å². The quantitative estimate of drug-likeness (QED) is 0.747. The number of nitrogens with one attached hydrogen (secondary N) is 1. The van der Waals surface area contributed by atoms with E-state index in [2.05, 4.69) is 5.32 Å². The van der Waals surface area contributed by atoms with E-state index in [-0.39, 0.29) is 6.54 Å². The fourth-order valence-corrected chi connectivity index (χ4v) is 3.74. The summed E-state index contributed by atoms with van der Waals surface area (Å²) in [7, 11) is -0.580. The summed E-state index contributed by atoms with van der Waals surface area (Å²) in [4.78, 5) is 12.5. The Morgan fingerprint density at radius 3 is 2.26 bits per heavy atom. The zero-order chi connectivity index (χ0) is 20.0. The number of carbonyl (C=O) groups is 1. The molecule has 1 N–H and O–H groups in total. The second-order valence-corrected chi connectivity index (χ2v) is 7.95. The van der Waals surface area contributed by atoms with Crippen molar-refractivity contribution in [1.29, 1.82) is 0 Å². The number of ether oxygens (including phenoxy) is 2. The number of anilines is 1. The average molecular weight is 392 g/mol.